The van der Waals surface area contributed by atoms with Gasteiger partial charge < -0.3 is 15.0 Å². The molecule has 8 heteroatoms. The lowest BCUT2D eigenvalue weighted by Crippen LogP contribution is -2.40. The number of carbonyl (C=O) groups is 1. The second-order valence-corrected chi connectivity index (χ2v) is 14.6. The Kier molecular flexibility index (Phi) is 5.62. The molecule has 1 aromatic carbocycles. The second kappa shape index (κ2) is 8.20. The van der Waals surface area contributed by atoms with Gasteiger partial charge in [-0.2, -0.15) is 5.10 Å². The summed E-state index contributed by atoms with van der Waals surface area (Å²) in [6.07, 6.45) is 1.76. The molecule has 1 aliphatic rings. The molecular weight excluding hydrogens is 394 g/mol. The first-order valence-electron chi connectivity index (χ1n) is 10.4. The fourth-order valence-electron chi connectivity index (χ4n) is 3.55. The smallest absolute Gasteiger partial charge is 0.322 e. The van der Waals surface area contributed by atoms with E-state index >= 15 is 0 Å². The lowest BCUT2D eigenvalue weighted by Gasteiger charge is -2.33. The highest BCUT2D eigenvalue weighted by molar-refractivity contribution is 6.76. The minimum Gasteiger partial charge on any atom is -0.360 e. The summed E-state index contributed by atoms with van der Waals surface area (Å²) < 4.78 is 7.64. The molecule has 1 aliphatic heterocycles. The normalized spacial score (nSPS) is 15.2. The molecule has 0 bridgehead atoms. The van der Waals surface area contributed by atoms with E-state index in [0.29, 0.717) is 13.3 Å². The minimum absolute atomic E-state index is 0.0423. The third-order valence-corrected chi connectivity index (χ3v) is 7.19. The van der Waals surface area contributed by atoms with Crippen LogP contribution in [0.25, 0.3) is 11.0 Å². The van der Waals surface area contributed by atoms with E-state index in [1.54, 1.807) is 15.8 Å². The van der Waals surface area contributed by atoms with Crippen molar-refractivity contribution >= 4 is 30.8 Å². The van der Waals surface area contributed by atoms with E-state index in [0.717, 1.165) is 40.6 Å². The number of carbonyl (C=O) groups excluding carboxylic acids is 1. The van der Waals surface area contributed by atoms with Crippen LogP contribution in [0.2, 0.25) is 25.7 Å². The van der Waals surface area contributed by atoms with Gasteiger partial charge in [-0.1, -0.05) is 50.0 Å². The molecule has 7 nitrogen and oxygen atoms in total. The third-order valence-electron chi connectivity index (χ3n) is 5.49. The molecule has 2 amide bonds. The molecule has 30 heavy (non-hydrogen) atoms. The largest absolute Gasteiger partial charge is 0.360 e. The van der Waals surface area contributed by atoms with E-state index in [4.69, 9.17) is 9.72 Å². The molecule has 158 valence electrons. The molecule has 0 fully saturated rings. The summed E-state index contributed by atoms with van der Waals surface area (Å²) in [6, 6.07) is 12.9. The molecule has 0 spiro atoms. The zero-order chi connectivity index (χ0) is 21.3. The van der Waals surface area contributed by atoms with Gasteiger partial charge in [0.05, 0.1) is 35.7 Å². The Morgan fingerprint density at radius 1 is 1.23 bits per heavy atom. The van der Waals surface area contributed by atoms with Crippen LogP contribution in [0.5, 0.6) is 0 Å². The van der Waals surface area contributed by atoms with E-state index in [-0.39, 0.29) is 12.1 Å². The number of nitrogens with zero attached hydrogens (tertiary/aromatic N) is 4. The average molecular weight is 424 g/mol. The van der Waals surface area contributed by atoms with Gasteiger partial charge in [0.25, 0.3) is 0 Å². The van der Waals surface area contributed by atoms with Crippen molar-refractivity contribution in [3.8, 4) is 0 Å². The zero-order valence-electron chi connectivity index (χ0n) is 18.1. The number of ether oxygens (including phenoxy) is 1. The van der Waals surface area contributed by atoms with Crippen LogP contribution < -0.4 is 5.32 Å². The van der Waals surface area contributed by atoms with Crippen LogP contribution in [-0.4, -0.2) is 40.4 Å². The van der Waals surface area contributed by atoms with Crippen molar-refractivity contribution in [2.24, 2.45) is 0 Å². The number of benzene rings is 1. The monoisotopic (exact) mass is 423 g/mol. The predicted octanol–water partition coefficient (Wildman–Crippen LogP) is 4.85. The minimum atomic E-state index is -1.12. The number of hydrogen-bond donors (Lipinski definition) is 1. The van der Waals surface area contributed by atoms with Crippen molar-refractivity contribution < 1.29 is 9.53 Å². The fraction of sp³-hybridized carbons (Fsp3) is 0.409. The number of hydrogen-bond acceptors (Lipinski definition) is 4. The first-order chi connectivity index (χ1) is 14.3. The Labute approximate surface area is 178 Å². The topological polar surface area (TPSA) is 72.3 Å². The summed E-state index contributed by atoms with van der Waals surface area (Å²) in [7, 11) is -1.12. The molecular formula is C22H29N5O2Si. The third kappa shape index (κ3) is 4.39. The van der Waals surface area contributed by atoms with Gasteiger partial charge in [-0.25, -0.2) is 14.5 Å². The van der Waals surface area contributed by atoms with Crippen molar-refractivity contribution in [3.63, 3.8) is 0 Å². The molecule has 0 aliphatic carbocycles. The molecule has 2 aromatic heterocycles. The van der Waals surface area contributed by atoms with Crippen molar-refractivity contribution in [2.45, 2.75) is 51.9 Å². The van der Waals surface area contributed by atoms with Gasteiger partial charge in [0.1, 0.15) is 12.2 Å². The number of amides is 2. The molecule has 0 saturated carbocycles. The maximum atomic E-state index is 12.8. The number of nitrogens with one attached hydrogen (secondary N) is 1. The lowest BCUT2D eigenvalue weighted by molar-refractivity contribution is 0.0817. The van der Waals surface area contributed by atoms with Crippen LogP contribution in [0.4, 0.5) is 10.5 Å². The Balaban J connectivity index is 1.51. The van der Waals surface area contributed by atoms with E-state index in [9.17, 15) is 4.79 Å². The maximum absolute atomic E-state index is 12.8. The summed E-state index contributed by atoms with van der Waals surface area (Å²) in [5.74, 6) is 0. The van der Waals surface area contributed by atoms with Gasteiger partial charge in [0.2, 0.25) is 0 Å². The van der Waals surface area contributed by atoms with E-state index in [2.05, 4.69) is 30.1 Å². The predicted molar refractivity (Wildman–Crippen MR) is 121 cm³/mol. The first kappa shape index (κ1) is 20.6. The SMILES string of the molecule is CC(c1ccccc1)N1Cc2nc3cnn(COCC[Si](C)(C)C)c3cc2NC1=O. The Morgan fingerprint density at radius 3 is 2.73 bits per heavy atom. The van der Waals surface area contributed by atoms with Crippen molar-refractivity contribution in [2.75, 3.05) is 11.9 Å². The Bertz CT molecular complexity index is 1040. The van der Waals surface area contributed by atoms with Crippen LogP contribution in [0.1, 0.15) is 24.2 Å². The van der Waals surface area contributed by atoms with E-state index in [1.807, 2.05) is 43.3 Å². The van der Waals surface area contributed by atoms with E-state index < -0.39 is 8.07 Å². The maximum Gasteiger partial charge on any atom is 0.322 e. The summed E-state index contributed by atoms with van der Waals surface area (Å²) in [5.41, 5.74) is 4.37. The standard InChI is InChI=1S/C22H29N5O2Si/c1-16(17-8-6-5-7-9-17)26-14-20-18(25-22(26)28)12-21-19(24-20)13-23-27(21)15-29-10-11-30(2,3)4/h5-9,12-13,16H,10-11,14-15H2,1-4H3,(H,25,28). The summed E-state index contributed by atoms with van der Waals surface area (Å²) in [4.78, 5) is 19.4. The molecule has 1 unspecified atom stereocenters. The van der Waals surface area contributed by atoms with Gasteiger partial charge in [-0.05, 0) is 24.6 Å². The molecule has 4 rings (SSSR count). The molecule has 0 saturated heterocycles. The highest BCUT2D eigenvalue weighted by atomic mass is 28.3. The number of rotatable bonds is 7. The van der Waals surface area contributed by atoms with Gasteiger partial charge in [0.15, 0.2) is 0 Å². The second-order valence-electron chi connectivity index (χ2n) is 9.02. The van der Waals surface area contributed by atoms with Crippen LogP contribution in [0.15, 0.2) is 42.6 Å². The summed E-state index contributed by atoms with van der Waals surface area (Å²) in [6.45, 7) is 10.6. The van der Waals surface area contributed by atoms with Gasteiger partial charge in [0, 0.05) is 14.7 Å². The van der Waals surface area contributed by atoms with Gasteiger partial charge >= 0.3 is 6.03 Å². The van der Waals surface area contributed by atoms with Crippen LogP contribution in [0.3, 0.4) is 0 Å². The Hall–Kier alpha value is -2.71. The lowest BCUT2D eigenvalue weighted by atomic mass is 10.1. The number of pyridine rings is 1. The quantitative estimate of drug-likeness (QED) is 0.435. The number of aromatic nitrogens is 3. The Morgan fingerprint density at radius 2 is 2.00 bits per heavy atom. The van der Waals surface area contributed by atoms with Crippen molar-refractivity contribution in [3.05, 3.63) is 53.9 Å². The highest BCUT2D eigenvalue weighted by Crippen LogP contribution is 2.31. The zero-order valence-corrected chi connectivity index (χ0v) is 19.1. The molecule has 0 radical (unpaired) electrons. The van der Waals surface area contributed by atoms with Gasteiger partial charge in [-0.3, -0.25) is 0 Å². The van der Waals surface area contributed by atoms with Crippen LogP contribution in [-0.2, 0) is 18.0 Å². The number of anilines is 1. The molecule has 1 N–H and O–H groups in total. The number of urea groups is 1. The van der Waals surface area contributed by atoms with Crippen LogP contribution >= 0.6 is 0 Å². The highest BCUT2D eigenvalue weighted by Gasteiger charge is 2.29. The average Bonchev–Trinajstić information content (AvgIpc) is 3.10. The molecule has 3 aromatic rings. The molecule has 3 heterocycles. The van der Waals surface area contributed by atoms with Crippen LogP contribution in [0, 0.1) is 0 Å². The van der Waals surface area contributed by atoms with Crippen molar-refractivity contribution in [1.82, 2.24) is 19.7 Å². The van der Waals surface area contributed by atoms with Crippen molar-refractivity contribution in [1.29, 1.82) is 0 Å². The number of fused-ring (bicyclic) bond motifs is 2. The summed E-state index contributed by atoms with van der Waals surface area (Å²) >= 11 is 0. The molecule has 1 atom stereocenters. The fourth-order valence-corrected chi connectivity index (χ4v) is 4.31. The van der Waals surface area contributed by atoms with Gasteiger partial charge in [-0.15, -0.1) is 0 Å². The summed E-state index contributed by atoms with van der Waals surface area (Å²) in [5, 5.41) is 7.44. The first-order valence-corrected chi connectivity index (χ1v) is 14.1. The van der Waals surface area contributed by atoms with E-state index in [1.165, 1.54) is 0 Å².